The van der Waals surface area contributed by atoms with Gasteiger partial charge in [0.2, 0.25) is 5.91 Å². The van der Waals surface area contributed by atoms with Gasteiger partial charge in [-0.05, 0) is 24.1 Å². The van der Waals surface area contributed by atoms with E-state index < -0.39 is 5.97 Å². The van der Waals surface area contributed by atoms with Crippen LogP contribution in [0, 0.1) is 0 Å². The van der Waals surface area contributed by atoms with Crippen LogP contribution >= 0.6 is 0 Å². The number of nitrogens with one attached hydrogen (secondary N) is 2. The lowest BCUT2D eigenvalue weighted by Gasteiger charge is -2.20. The minimum Gasteiger partial charge on any atom is -0.478 e. The number of benzene rings is 1. The summed E-state index contributed by atoms with van der Waals surface area (Å²) < 4.78 is 0. The number of urea groups is 1. The first-order valence-electron chi connectivity index (χ1n) is 6.75. The summed E-state index contributed by atoms with van der Waals surface area (Å²) in [4.78, 5) is 36.0. The van der Waals surface area contributed by atoms with E-state index in [-0.39, 0.29) is 30.0 Å². The number of carbonyl (C=O) groups is 3. The van der Waals surface area contributed by atoms with Crippen molar-refractivity contribution in [1.29, 1.82) is 0 Å². The molecule has 0 aliphatic carbocycles. The van der Waals surface area contributed by atoms with Gasteiger partial charge in [-0.15, -0.1) is 0 Å². The van der Waals surface area contributed by atoms with Crippen LogP contribution in [0.15, 0.2) is 18.2 Å². The van der Waals surface area contributed by atoms with E-state index >= 15 is 0 Å². The zero-order valence-corrected chi connectivity index (χ0v) is 11.3. The zero-order chi connectivity index (χ0) is 15.0. The number of carboxylic acid groups (broad SMARTS) is 1. The molecule has 3 N–H and O–H groups in total. The molecule has 3 amide bonds. The van der Waals surface area contributed by atoms with Crippen molar-refractivity contribution >= 4 is 23.6 Å². The first-order valence-corrected chi connectivity index (χ1v) is 6.75. The maximum Gasteiger partial charge on any atom is 0.335 e. The first kappa shape index (κ1) is 13.4. The number of hydrogen-bond acceptors (Lipinski definition) is 3. The van der Waals surface area contributed by atoms with E-state index in [1.165, 1.54) is 11.0 Å². The number of anilines is 1. The molecular weight excluding hydrogens is 274 g/mol. The number of hydrogen-bond donors (Lipinski definition) is 3. The summed E-state index contributed by atoms with van der Waals surface area (Å²) in [7, 11) is 0. The molecule has 7 heteroatoms. The molecule has 3 rings (SSSR count). The Morgan fingerprint density at radius 3 is 2.86 bits per heavy atom. The number of nitrogens with zero attached hydrogens (tertiary/aromatic N) is 1. The van der Waals surface area contributed by atoms with E-state index in [1.807, 2.05) is 0 Å². The third-order valence-electron chi connectivity index (χ3n) is 3.78. The van der Waals surface area contributed by atoms with Gasteiger partial charge in [-0.1, -0.05) is 6.07 Å². The molecule has 0 saturated carbocycles. The Hall–Kier alpha value is -2.57. The van der Waals surface area contributed by atoms with Gasteiger partial charge in [0.25, 0.3) is 0 Å². The minimum absolute atomic E-state index is 0.0738. The van der Waals surface area contributed by atoms with E-state index in [9.17, 15) is 14.4 Å². The van der Waals surface area contributed by atoms with Crippen LogP contribution in [-0.2, 0) is 11.2 Å². The highest BCUT2D eigenvalue weighted by Gasteiger charge is 2.29. The third kappa shape index (κ3) is 2.54. The molecule has 1 atom stereocenters. The van der Waals surface area contributed by atoms with Crippen molar-refractivity contribution in [2.24, 2.45) is 0 Å². The summed E-state index contributed by atoms with van der Waals surface area (Å²) in [6.07, 6.45) is 0.978. The van der Waals surface area contributed by atoms with Gasteiger partial charge in [0.15, 0.2) is 0 Å². The maximum absolute atomic E-state index is 12.3. The van der Waals surface area contributed by atoms with E-state index in [0.717, 1.165) is 5.56 Å². The molecule has 1 saturated heterocycles. The second-order valence-electron chi connectivity index (χ2n) is 5.20. The second-order valence-corrected chi connectivity index (χ2v) is 5.20. The van der Waals surface area contributed by atoms with E-state index in [1.54, 1.807) is 12.1 Å². The topological polar surface area (TPSA) is 98.7 Å². The molecule has 0 radical (unpaired) electrons. The Bertz CT molecular complexity index is 629. The lowest BCUT2D eigenvalue weighted by molar-refractivity contribution is -0.119. The highest BCUT2D eigenvalue weighted by Crippen LogP contribution is 2.29. The summed E-state index contributed by atoms with van der Waals surface area (Å²) >= 11 is 0. The van der Waals surface area contributed by atoms with Crippen molar-refractivity contribution in [2.75, 3.05) is 18.0 Å². The predicted octanol–water partition coefficient (Wildman–Crippen LogP) is 0.345. The lowest BCUT2D eigenvalue weighted by atomic mass is 10.1. The van der Waals surface area contributed by atoms with Crippen LogP contribution in [0.25, 0.3) is 0 Å². The fourth-order valence-electron chi connectivity index (χ4n) is 2.68. The molecule has 21 heavy (non-hydrogen) atoms. The van der Waals surface area contributed by atoms with Crippen LogP contribution in [0.4, 0.5) is 10.5 Å². The minimum atomic E-state index is -1.02. The Labute approximate surface area is 120 Å². The van der Waals surface area contributed by atoms with Gasteiger partial charge >= 0.3 is 12.0 Å². The number of amides is 3. The van der Waals surface area contributed by atoms with E-state index in [0.29, 0.717) is 25.2 Å². The number of fused-ring (bicyclic) bond motifs is 1. The fraction of sp³-hybridized carbons (Fsp3) is 0.357. The SMILES string of the molecule is O=C1CC(NC(=O)N2CCc3ccc(C(=O)O)cc32)CN1. The third-order valence-corrected chi connectivity index (χ3v) is 3.78. The summed E-state index contributed by atoms with van der Waals surface area (Å²) in [5, 5.41) is 14.5. The average molecular weight is 289 g/mol. The Kier molecular flexibility index (Phi) is 3.25. The summed E-state index contributed by atoms with van der Waals surface area (Å²) in [6.45, 7) is 0.943. The number of carboxylic acids is 1. The standard InChI is InChI=1S/C14H15N3O4/c18-12-6-10(7-15-12)16-14(21)17-4-3-8-1-2-9(13(19)20)5-11(8)17/h1-2,5,10H,3-4,6-7H2,(H,15,18)(H,16,21)(H,19,20). The molecule has 1 unspecified atom stereocenters. The van der Waals surface area contributed by atoms with Crippen molar-refractivity contribution < 1.29 is 19.5 Å². The monoisotopic (exact) mass is 289 g/mol. The van der Waals surface area contributed by atoms with Gasteiger partial charge in [-0.3, -0.25) is 9.69 Å². The van der Waals surface area contributed by atoms with Crippen LogP contribution in [0.3, 0.4) is 0 Å². The molecule has 110 valence electrons. The molecule has 2 aliphatic rings. The van der Waals surface area contributed by atoms with Crippen LogP contribution in [-0.4, -0.2) is 42.1 Å². The van der Waals surface area contributed by atoms with Crippen molar-refractivity contribution in [1.82, 2.24) is 10.6 Å². The molecule has 1 aromatic carbocycles. The van der Waals surface area contributed by atoms with Crippen LogP contribution in [0.5, 0.6) is 0 Å². The molecule has 0 bridgehead atoms. The maximum atomic E-state index is 12.3. The molecule has 7 nitrogen and oxygen atoms in total. The van der Waals surface area contributed by atoms with Crippen LogP contribution in [0.2, 0.25) is 0 Å². The van der Waals surface area contributed by atoms with E-state index in [2.05, 4.69) is 10.6 Å². The molecule has 1 aromatic rings. The first-order chi connectivity index (χ1) is 10.0. The van der Waals surface area contributed by atoms with E-state index in [4.69, 9.17) is 5.11 Å². The predicted molar refractivity (Wildman–Crippen MR) is 74.4 cm³/mol. The molecule has 0 aromatic heterocycles. The smallest absolute Gasteiger partial charge is 0.335 e. The van der Waals surface area contributed by atoms with Gasteiger partial charge in [0.1, 0.15) is 0 Å². The molecule has 1 fully saturated rings. The normalized spacial score (nSPS) is 20.1. The van der Waals surface area contributed by atoms with Gasteiger partial charge in [-0.25, -0.2) is 9.59 Å². The highest BCUT2D eigenvalue weighted by atomic mass is 16.4. The number of carbonyl (C=O) groups excluding carboxylic acids is 2. The van der Waals surface area contributed by atoms with Crippen molar-refractivity contribution in [3.63, 3.8) is 0 Å². The van der Waals surface area contributed by atoms with Crippen LogP contribution in [0.1, 0.15) is 22.3 Å². The van der Waals surface area contributed by atoms with Gasteiger partial charge < -0.3 is 15.7 Å². The second kappa shape index (κ2) is 5.08. The largest absolute Gasteiger partial charge is 0.478 e. The Balaban J connectivity index is 1.76. The van der Waals surface area contributed by atoms with Gasteiger partial charge in [0, 0.05) is 25.2 Å². The van der Waals surface area contributed by atoms with Crippen molar-refractivity contribution in [3.8, 4) is 0 Å². The summed E-state index contributed by atoms with van der Waals surface area (Å²) in [5.41, 5.74) is 1.74. The summed E-state index contributed by atoms with van der Waals surface area (Å²) in [5.74, 6) is -1.09. The number of rotatable bonds is 2. The molecule has 2 aliphatic heterocycles. The zero-order valence-electron chi connectivity index (χ0n) is 11.3. The fourth-order valence-corrected chi connectivity index (χ4v) is 2.68. The van der Waals surface area contributed by atoms with Crippen molar-refractivity contribution in [3.05, 3.63) is 29.3 Å². The lowest BCUT2D eigenvalue weighted by Crippen LogP contribution is -2.45. The van der Waals surface area contributed by atoms with Crippen molar-refractivity contribution in [2.45, 2.75) is 18.9 Å². The average Bonchev–Trinajstić information content (AvgIpc) is 3.04. The number of aromatic carboxylic acids is 1. The molecule has 2 heterocycles. The Morgan fingerprint density at radius 2 is 2.19 bits per heavy atom. The molecular formula is C14H15N3O4. The Morgan fingerprint density at radius 1 is 1.38 bits per heavy atom. The summed E-state index contributed by atoms with van der Waals surface area (Å²) in [6, 6.07) is 4.30. The quantitative estimate of drug-likeness (QED) is 0.731. The molecule has 0 spiro atoms. The highest BCUT2D eigenvalue weighted by molar-refractivity contribution is 5.97. The van der Waals surface area contributed by atoms with Crippen LogP contribution < -0.4 is 15.5 Å². The van der Waals surface area contributed by atoms with Gasteiger partial charge in [0.05, 0.1) is 11.6 Å². The van der Waals surface area contributed by atoms with Gasteiger partial charge in [-0.2, -0.15) is 0 Å².